The number of amides is 2. The number of benzene rings is 1. The van der Waals surface area contributed by atoms with Crippen molar-refractivity contribution in [2.24, 2.45) is 17.8 Å². The van der Waals surface area contributed by atoms with E-state index in [1.165, 1.54) is 0 Å². The summed E-state index contributed by atoms with van der Waals surface area (Å²) in [6, 6.07) is 7.43. The third-order valence-corrected chi connectivity index (χ3v) is 5.77. The molecule has 1 aromatic carbocycles. The van der Waals surface area contributed by atoms with Crippen LogP contribution in [-0.2, 0) is 4.79 Å². The highest BCUT2D eigenvalue weighted by Crippen LogP contribution is 2.38. The van der Waals surface area contributed by atoms with Crippen molar-refractivity contribution >= 4 is 17.5 Å². The Bertz CT molecular complexity index is 638. The summed E-state index contributed by atoms with van der Waals surface area (Å²) >= 11 is 0. The molecule has 0 aromatic heterocycles. The number of anilines is 1. The first-order valence-corrected chi connectivity index (χ1v) is 9.28. The molecule has 5 heteroatoms. The average Bonchev–Trinajstić information content (AvgIpc) is 3.37. The number of carbonyl (C=O) groups excluding carboxylic acids is 2. The molecule has 0 aliphatic heterocycles. The molecule has 0 heterocycles. The van der Waals surface area contributed by atoms with Crippen molar-refractivity contribution in [1.29, 1.82) is 0 Å². The number of rotatable bonds is 5. The molecular formula is C20H28N2O3. The summed E-state index contributed by atoms with van der Waals surface area (Å²) in [4.78, 5) is 26.7. The molecule has 0 saturated heterocycles. The van der Waals surface area contributed by atoms with Crippen LogP contribution >= 0.6 is 0 Å². The minimum Gasteiger partial charge on any atom is -0.396 e. The summed E-state index contributed by atoms with van der Waals surface area (Å²) in [5, 5.41) is 12.2. The van der Waals surface area contributed by atoms with Crippen LogP contribution in [0.2, 0.25) is 0 Å². The van der Waals surface area contributed by atoms with Crippen LogP contribution in [0.25, 0.3) is 0 Å². The van der Waals surface area contributed by atoms with E-state index in [2.05, 4.69) is 12.2 Å². The lowest BCUT2D eigenvalue weighted by Gasteiger charge is -2.34. The lowest BCUT2D eigenvalue weighted by Crippen LogP contribution is -2.39. The van der Waals surface area contributed by atoms with Gasteiger partial charge in [0.25, 0.3) is 5.91 Å². The predicted octanol–water partition coefficient (Wildman–Crippen LogP) is 2.90. The fraction of sp³-hybridized carbons (Fsp3) is 0.600. The third-order valence-electron chi connectivity index (χ3n) is 5.77. The third kappa shape index (κ3) is 4.21. The zero-order valence-electron chi connectivity index (χ0n) is 15.1. The lowest BCUT2D eigenvalue weighted by atomic mass is 9.86. The van der Waals surface area contributed by atoms with Crippen LogP contribution in [0.15, 0.2) is 24.3 Å². The topological polar surface area (TPSA) is 69.6 Å². The highest BCUT2D eigenvalue weighted by atomic mass is 16.3. The van der Waals surface area contributed by atoms with E-state index in [0.29, 0.717) is 23.1 Å². The molecule has 2 fully saturated rings. The van der Waals surface area contributed by atoms with Gasteiger partial charge in [0.15, 0.2) is 0 Å². The van der Waals surface area contributed by atoms with Gasteiger partial charge in [-0.2, -0.15) is 0 Å². The first kappa shape index (κ1) is 17.9. The molecule has 2 unspecified atom stereocenters. The maximum absolute atomic E-state index is 12.8. The fourth-order valence-electron chi connectivity index (χ4n) is 3.74. The lowest BCUT2D eigenvalue weighted by molar-refractivity contribution is -0.117. The van der Waals surface area contributed by atoms with Gasteiger partial charge in [0.2, 0.25) is 5.91 Å². The average molecular weight is 344 g/mol. The zero-order chi connectivity index (χ0) is 18.0. The van der Waals surface area contributed by atoms with Crippen LogP contribution in [0.1, 0.15) is 49.4 Å². The molecule has 3 rings (SSSR count). The molecule has 1 aromatic rings. The van der Waals surface area contributed by atoms with Gasteiger partial charge in [-0.15, -0.1) is 0 Å². The summed E-state index contributed by atoms with van der Waals surface area (Å²) < 4.78 is 0. The molecule has 2 saturated carbocycles. The maximum atomic E-state index is 12.8. The van der Waals surface area contributed by atoms with E-state index < -0.39 is 0 Å². The second kappa shape index (κ2) is 7.56. The summed E-state index contributed by atoms with van der Waals surface area (Å²) in [5.41, 5.74) is 1.29. The SMILES string of the molecule is CC1CC1C(=O)Nc1cccc(C(=O)N(C)C2CCC(CO)CC2)c1. The van der Waals surface area contributed by atoms with Crippen LogP contribution < -0.4 is 5.32 Å². The molecule has 2 atom stereocenters. The minimum absolute atomic E-state index is 0.0108. The van der Waals surface area contributed by atoms with Crippen molar-refractivity contribution in [3.8, 4) is 0 Å². The molecule has 25 heavy (non-hydrogen) atoms. The number of hydrogen-bond donors (Lipinski definition) is 2. The molecule has 2 N–H and O–H groups in total. The number of nitrogens with one attached hydrogen (secondary N) is 1. The molecule has 2 amide bonds. The Morgan fingerprint density at radius 2 is 1.92 bits per heavy atom. The van der Waals surface area contributed by atoms with Gasteiger partial charge < -0.3 is 15.3 Å². The van der Waals surface area contributed by atoms with E-state index in [1.54, 1.807) is 12.1 Å². The summed E-state index contributed by atoms with van der Waals surface area (Å²) in [5.74, 6) is 0.993. The molecule has 0 radical (unpaired) electrons. The monoisotopic (exact) mass is 344 g/mol. The van der Waals surface area contributed by atoms with E-state index in [9.17, 15) is 14.7 Å². The van der Waals surface area contributed by atoms with Gasteiger partial charge in [-0.1, -0.05) is 13.0 Å². The van der Waals surface area contributed by atoms with Crippen molar-refractivity contribution in [3.63, 3.8) is 0 Å². The quantitative estimate of drug-likeness (QED) is 0.863. The first-order valence-electron chi connectivity index (χ1n) is 9.28. The number of nitrogens with zero attached hydrogens (tertiary/aromatic N) is 1. The van der Waals surface area contributed by atoms with Crippen molar-refractivity contribution < 1.29 is 14.7 Å². The van der Waals surface area contributed by atoms with Gasteiger partial charge in [0.1, 0.15) is 0 Å². The number of hydrogen-bond acceptors (Lipinski definition) is 3. The van der Waals surface area contributed by atoms with Gasteiger partial charge >= 0.3 is 0 Å². The van der Waals surface area contributed by atoms with Crippen LogP contribution in [0, 0.1) is 17.8 Å². The Morgan fingerprint density at radius 3 is 2.52 bits per heavy atom. The Labute approximate surface area is 149 Å². The molecular weight excluding hydrogens is 316 g/mol. The number of aliphatic hydroxyl groups is 1. The van der Waals surface area contributed by atoms with Gasteiger partial charge in [-0.25, -0.2) is 0 Å². The normalized spacial score (nSPS) is 28.3. The van der Waals surface area contributed by atoms with Crippen LogP contribution in [0.4, 0.5) is 5.69 Å². The second-order valence-corrected chi connectivity index (χ2v) is 7.66. The van der Waals surface area contributed by atoms with Crippen LogP contribution in [0.3, 0.4) is 0 Å². The van der Waals surface area contributed by atoms with Crippen LogP contribution in [-0.4, -0.2) is 41.5 Å². The van der Waals surface area contributed by atoms with E-state index in [1.807, 2.05) is 24.1 Å². The Balaban J connectivity index is 1.61. The Hall–Kier alpha value is -1.88. The highest BCUT2D eigenvalue weighted by Gasteiger charge is 2.39. The summed E-state index contributed by atoms with van der Waals surface area (Å²) in [7, 11) is 1.85. The summed E-state index contributed by atoms with van der Waals surface area (Å²) in [6.07, 6.45) is 4.75. The van der Waals surface area contributed by atoms with Gasteiger partial charge in [-0.05, 0) is 62.1 Å². The van der Waals surface area contributed by atoms with E-state index in [0.717, 1.165) is 32.1 Å². The molecule has 136 valence electrons. The minimum atomic E-state index is -0.0108. The first-order chi connectivity index (χ1) is 12.0. The maximum Gasteiger partial charge on any atom is 0.253 e. The van der Waals surface area contributed by atoms with Crippen molar-refractivity contribution in [2.45, 2.75) is 45.1 Å². The van der Waals surface area contributed by atoms with E-state index in [-0.39, 0.29) is 30.4 Å². The highest BCUT2D eigenvalue weighted by molar-refractivity contribution is 5.98. The standard InChI is InChI=1S/C20H28N2O3/c1-13-10-18(13)19(24)21-16-5-3-4-15(11-16)20(25)22(2)17-8-6-14(12-23)7-9-17/h3-5,11,13-14,17-18,23H,6-10,12H2,1-2H3,(H,21,24). The van der Waals surface area contributed by atoms with Crippen LogP contribution in [0.5, 0.6) is 0 Å². The Kier molecular flexibility index (Phi) is 5.42. The zero-order valence-corrected chi connectivity index (χ0v) is 15.1. The van der Waals surface area contributed by atoms with Crippen molar-refractivity contribution in [1.82, 2.24) is 4.90 Å². The van der Waals surface area contributed by atoms with Crippen molar-refractivity contribution in [3.05, 3.63) is 29.8 Å². The largest absolute Gasteiger partial charge is 0.396 e. The smallest absolute Gasteiger partial charge is 0.253 e. The van der Waals surface area contributed by atoms with Gasteiger partial charge in [0, 0.05) is 36.9 Å². The summed E-state index contributed by atoms with van der Waals surface area (Å²) in [6.45, 7) is 2.32. The van der Waals surface area contributed by atoms with Gasteiger partial charge in [-0.3, -0.25) is 9.59 Å². The van der Waals surface area contributed by atoms with E-state index >= 15 is 0 Å². The molecule has 2 aliphatic rings. The molecule has 2 aliphatic carbocycles. The molecule has 0 bridgehead atoms. The van der Waals surface area contributed by atoms with Gasteiger partial charge in [0.05, 0.1) is 0 Å². The van der Waals surface area contributed by atoms with E-state index in [4.69, 9.17) is 0 Å². The molecule has 5 nitrogen and oxygen atoms in total. The number of aliphatic hydroxyl groups excluding tert-OH is 1. The Morgan fingerprint density at radius 1 is 1.24 bits per heavy atom. The predicted molar refractivity (Wildman–Crippen MR) is 97.3 cm³/mol. The fourth-order valence-corrected chi connectivity index (χ4v) is 3.74. The van der Waals surface area contributed by atoms with Crippen molar-refractivity contribution in [2.75, 3.05) is 19.0 Å². The second-order valence-electron chi connectivity index (χ2n) is 7.66. The number of carbonyl (C=O) groups is 2. The molecule has 0 spiro atoms.